The quantitative estimate of drug-likeness (QED) is 0.641. The number of amides is 1. The molecule has 0 atom stereocenters. The van der Waals surface area contributed by atoms with Gasteiger partial charge in [-0.1, -0.05) is 18.5 Å². The van der Waals surface area contributed by atoms with Gasteiger partial charge in [0.15, 0.2) is 11.5 Å². The van der Waals surface area contributed by atoms with Crippen LogP contribution in [0.1, 0.15) is 36.2 Å². The molecule has 0 aromatic heterocycles. The summed E-state index contributed by atoms with van der Waals surface area (Å²) in [7, 11) is 0. The highest BCUT2D eigenvalue weighted by Crippen LogP contribution is 2.37. The lowest BCUT2D eigenvalue weighted by Crippen LogP contribution is -2.36. The van der Waals surface area contributed by atoms with Crippen LogP contribution >= 0.6 is 11.6 Å². The second kappa shape index (κ2) is 10.5. The number of benzene rings is 2. The summed E-state index contributed by atoms with van der Waals surface area (Å²) in [5.41, 5.74) is 3.31. The standard InChI is InChI=1S/C23H29ClN2O4/c1-4-10-30-22-19(24)14-17(15-21(22)29-5-2)23(27)25-20-7-6-18(13-16(20)3)26-8-11-28-12-9-26/h6-7,13-15H,4-5,8-12H2,1-3H3,(H,25,27). The van der Waals surface area contributed by atoms with Gasteiger partial charge in [-0.05, 0) is 56.2 Å². The maximum Gasteiger partial charge on any atom is 0.255 e. The number of morpholine rings is 1. The molecule has 0 bridgehead atoms. The first-order chi connectivity index (χ1) is 14.5. The summed E-state index contributed by atoms with van der Waals surface area (Å²) >= 11 is 6.39. The monoisotopic (exact) mass is 432 g/mol. The third kappa shape index (κ3) is 5.37. The highest BCUT2D eigenvalue weighted by Gasteiger charge is 2.18. The van der Waals surface area contributed by atoms with E-state index in [4.69, 9.17) is 25.8 Å². The van der Waals surface area contributed by atoms with E-state index in [0.717, 1.165) is 49.7 Å². The zero-order chi connectivity index (χ0) is 21.5. The molecule has 1 fully saturated rings. The summed E-state index contributed by atoms with van der Waals surface area (Å²) in [5.74, 6) is 0.702. The Morgan fingerprint density at radius 3 is 2.60 bits per heavy atom. The van der Waals surface area contributed by atoms with Crippen molar-refractivity contribution in [3.63, 3.8) is 0 Å². The lowest BCUT2D eigenvalue weighted by atomic mass is 10.1. The molecule has 2 aromatic carbocycles. The molecule has 0 saturated carbocycles. The summed E-state index contributed by atoms with van der Waals surface area (Å²) in [6.45, 7) is 10.1. The predicted molar refractivity (Wildman–Crippen MR) is 121 cm³/mol. The van der Waals surface area contributed by atoms with Gasteiger partial charge >= 0.3 is 0 Å². The molecule has 1 amide bonds. The normalized spacial score (nSPS) is 13.8. The fourth-order valence-corrected chi connectivity index (χ4v) is 3.57. The van der Waals surface area contributed by atoms with E-state index in [1.807, 2.05) is 32.9 Å². The third-order valence-electron chi connectivity index (χ3n) is 4.86. The van der Waals surface area contributed by atoms with Crippen molar-refractivity contribution in [3.05, 3.63) is 46.5 Å². The van der Waals surface area contributed by atoms with Crippen molar-refractivity contribution in [2.45, 2.75) is 27.2 Å². The first kappa shape index (κ1) is 22.2. The van der Waals surface area contributed by atoms with Gasteiger partial charge in [-0.25, -0.2) is 0 Å². The fraction of sp³-hybridized carbons (Fsp3) is 0.435. The van der Waals surface area contributed by atoms with Crippen molar-refractivity contribution < 1.29 is 19.0 Å². The van der Waals surface area contributed by atoms with Gasteiger partial charge in [0.1, 0.15) is 0 Å². The number of ether oxygens (including phenoxy) is 3. The van der Waals surface area contributed by atoms with E-state index in [2.05, 4.69) is 16.3 Å². The van der Waals surface area contributed by atoms with Crippen molar-refractivity contribution >= 4 is 28.9 Å². The molecule has 1 N–H and O–H groups in total. The van der Waals surface area contributed by atoms with E-state index >= 15 is 0 Å². The van der Waals surface area contributed by atoms with E-state index in [9.17, 15) is 4.79 Å². The van der Waals surface area contributed by atoms with Gasteiger partial charge in [0.25, 0.3) is 5.91 Å². The lowest BCUT2D eigenvalue weighted by molar-refractivity contribution is 0.102. The molecule has 2 aromatic rings. The molecule has 3 rings (SSSR count). The Hall–Kier alpha value is -2.44. The Morgan fingerprint density at radius 1 is 1.17 bits per heavy atom. The highest BCUT2D eigenvalue weighted by atomic mass is 35.5. The van der Waals surface area contributed by atoms with Gasteiger partial charge in [0, 0.05) is 30.0 Å². The molecule has 30 heavy (non-hydrogen) atoms. The zero-order valence-corrected chi connectivity index (χ0v) is 18.6. The van der Waals surface area contributed by atoms with Crippen LogP contribution in [0.15, 0.2) is 30.3 Å². The summed E-state index contributed by atoms with van der Waals surface area (Å²) in [6.07, 6.45) is 0.851. The third-order valence-corrected chi connectivity index (χ3v) is 5.14. The largest absolute Gasteiger partial charge is 0.490 e. The number of hydrogen-bond donors (Lipinski definition) is 1. The minimum absolute atomic E-state index is 0.248. The highest BCUT2D eigenvalue weighted by molar-refractivity contribution is 6.32. The van der Waals surface area contributed by atoms with Crippen LogP contribution in [-0.4, -0.2) is 45.4 Å². The van der Waals surface area contributed by atoms with Crippen molar-refractivity contribution in [1.82, 2.24) is 0 Å². The smallest absolute Gasteiger partial charge is 0.255 e. The number of hydrogen-bond acceptors (Lipinski definition) is 5. The summed E-state index contributed by atoms with van der Waals surface area (Å²) in [6, 6.07) is 9.33. The first-order valence-corrected chi connectivity index (χ1v) is 10.7. The average molecular weight is 433 g/mol. The van der Waals surface area contributed by atoms with E-state index in [0.29, 0.717) is 35.3 Å². The summed E-state index contributed by atoms with van der Waals surface area (Å²) in [5, 5.41) is 3.34. The maximum absolute atomic E-state index is 12.9. The van der Waals surface area contributed by atoms with Crippen molar-refractivity contribution in [1.29, 1.82) is 0 Å². The molecule has 1 heterocycles. The van der Waals surface area contributed by atoms with Crippen LogP contribution in [0.4, 0.5) is 11.4 Å². The molecule has 0 radical (unpaired) electrons. The predicted octanol–water partition coefficient (Wildman–Crippen LogP) is 4.92. The minimum atomic E-state index is -0.248. The van der Waals surface area contributed by atoms with Gasteiger partial charge in [-0.2, -0.15) is 0 Å². The van der Waals surface area contributed by atoms with Crippen LogP contribution in [0.25, 0.3) is 0 Å². The SMILES string of the molecule is CCCOc1c(Cl)cc(C(=O)Nc2ccc(N3CCOCC3)cc2C)cc1OCC. The van der Waals surface area contributed by atoms with E-state index in [1.54, 1.807) is 12.1 Å². The van der Waals surface area contributed by atoms with E-state index < -0.39 is 0 Å². The molecular weight excluding hydrogens is 404 g/mol. The molecule has 0 spiro atoms. The number of aryl methyl sites for hydroxylation is 1. The zero-order valence-electron chi connectivity index (χ0n) is 17.8. The van der Waals surface area contributed by atoms with Crippen LogP contribution in [0.5, 0.6) is 11.5 Å². The first-order valence-electron chi connectivity index (χ1n) is 10.4. The van der Waals surface area contributed by atoms with Gasteiger partial charge in [0.2, 0.25) is 0 Å². The molecule has 0 unspecified atom stereocenters. The molecule has 0 aliphatic carbocycles. The van der Waals surface area contributed by atoms with Crippen LogP contribution in [-0.2, 0) is 4.74 Å². The van der Waals surface area contributed by atoms with E-state index in [-0.39, 0.29) is 5.91 Å². The summed E-state index contributed by atoms with van der Waals surface area (Å²) < 4.78 is 16.8. The van der Waals surface area contributed by atoms with Crippen LogP contribution in [0, 0.1) is 6.92 Å². The van der Waals surface area contributed by atoms with Crippen molar-refractivity contribution in [3.8, 4) is 11.5 Å². The number of halogens is 1. The molecule has 1 saturated heterocycles. The van der Waals surface area contributed by atoms with Gasteiger partial charge in [-0.15, -0.1) is 0 Å². The lowest BCUT2D eigenvalue weighted by Gasteiger charge is -2.29. The van der Waals surface area contributed by atoms with Crippen LogP contribution in [0.2, 0.25) is 5.02 Å². The minimum Gasteiger partial charge on any atom is -0.490 e. The van der Waals surface area contributed by atoms with Gasteiger partial charge in [-0.3, -0.25) is 4.79 Å². The number of anilines is 2. The Balaban J connectivity index is 1.78. The van der Waals surface area contributed by atoms with Crippen molar-refractivity contribution in [2.24, 2.45) is 0 Å². The number of carbonyl (C=O) groups excluding carboxylic acids is 1. The number of rotatable bonds is 8. The second-order valence-corrected chi connectivity index (χ2v) is 7.53. The Morgan fingerprint density at radius 2 is 1.93 bits per heavy atom. The Labute approximate surface area is 183 Å². The van der Waals surface area contributed by atoms with E-state index in [1.165, 1.54) is 0 Å². The topological polar surface area (TPSA) is 60.0 Å². The molecule has 1 aliphatic heterocycles. The molecule has 6 nitrogen and oxygen atoms in total. The molecule has 7 heteroatoms. The number of nitrogens with zero attached hydrogens (tertiary/aromatic N) is 1. The molecule has 162 valence electrons. The maximum atomic E-state index is 12.9. The second-order valence-electron chi connectivity index (χ2n) is 7.12. The summed E-state index contributed by atoms with van der Waals surface area (Å²) in [4.78, 5) is 15.2. The van der Waals surface area contributed by atoms with Gasteiger partial charge < -0.3 is 24.4 Å². The van der Waals surface area contributed by atoms with Crippen LogP contribution in [0.3, 0.4) is 0 Å². The van der Waals surface area contributed by atoms with Crippen molar-refractivity contribution in [2.75, 3.05) is 49.7 Å². The Kier molecular flexibility index (Phi) is 7.82. The molecule has 1 aliphatic rings. The average Bonchev–Trinajstić information content (AvgIpc) is 2.75. The number of carbonyl (C=O) groups is 1. The molecular formula is C23H29ClN2O4. The van der Waals surface area contributed by atoms with Crippen LogP contribution < -0.4 is 19.7 Å². The Bertz CT molecular complexity index is 882. The number of nitrogens with one attached hydrogen (secondary N) is 1. The fourth-order valence-electron chi connectivity index (χ4n) is 3.31. The van der Waals surface area contributed by atoms with Gasteiger partial charge in [0.05, 0.1) is 31.5 Å².